The van der Waals surface area contributed by atoms with Crippen molar-refractivity contribution in [3.8, 4) is 123 Å². The van der Waals surface area contributed by atoms with Gasteiger partial charge in [-0.2, -0.15) is 0 Å². The molecule has 0 bridgehead atoms. The van der Waals surface area contributed by atoms with E-state index in [1.54, 1.807) is 0 Å². The minimum atomic E-state index is -0.415. The van der Waals surface area contributed by atoms with E-state index in [-0.39, 0.29) is 16.6 Å². The highest BCUT2D eigenvalue weighted by molar-refractivity contribution is 9.10. The minimum Gasteiger partial charge on any atom is -0.399 e. The maximum absolute atomic E-state index is 6.37. The van der Waals surface area contributed by atoms with Gasteiger partial charge in [-0.15, -0.1) is 0 Å². The molecule has 4 aromatic heterocycles. The second-order valence-corrected chi connectivity index (χ2v) is 36.7. The summed E-state index contributed by atoms with van der Waals surface area (Å²) in [6.45, 7) is 8.37. The fourth-order valence-electron chi connectivity index (χ4n) is 21.8. The first-order chi connectivity index (χ1) is 64.9. The number of pyridine rings is 2. The lowest BCUT2D eigenvalue weighted by atomic mass is 9.70. The Morgan fingerprint density at radius 1 is 0.212 bits per heavy atom. The first-order valence-corrected chi connectivity index (χ1v) is 46.0. The van der Waals surface area contributed by atoms with Crippen LogP contribution in [0.3, 0.4) is 0 Å². The van der Waals surface area contributed by atoms with Crippen LogP contribution in [0.1, 0.15) is 72.2 Å². The number of fused-ring (bicyclic) bond motifs is 30. The Morgan fingerprint density at radius 2 is 0.492 bits per heavy atom. The summed E-state index contributed by atoms with van der Waals surface area (Å²) < 4.78 is 13.3. The average Bonchev–Trinajstić information content (AvgIpc) is 1.50. The van der Waals surface area contributed by atoms with Crippen molar-refractivity contribution in [3.63, 3.8) is 0 Å². The third kappa shape index (κ3) is 12.2. The number of benzene rings is 18. The Balaban J connectivity index is 0.000000117. The van der Waals surface area contributed by atoms with E-state index in [1.165, 1.54) is 127 Å². The zero-order valence-corrected chi connectivity index (χ0v) is 74.5. The number of para-hydroxylation sites is 4. The maximum Gasteiger partial charge on any atom is 0.494 e. The summed E-state index contributed by atoms with van der Waals surface area (Å²) in [5, 5.41) is 9.22. The zero-order chi connectivity index (χ0) is 88.1. The molecule has 4 aliphatic carbocycles. The van der Waals surface area contributed by atoms with Crippen LogP contribution in [0.2, 0.25) is 0 Å². The Labute approximate surface area is 774 Å². The molecule has 622 valence electrons. The van der Waals surface area contributed by atoms with E-state index < -0.39 is 12.5 Å². The van der Waals surface area contributed by atoms with Gasteiger partial charge in [0.25, 0.3) is 0 Å². The lowest BCUT2D eigenvalue weighted by Gasteiger charge is -2.32. The second kappa shape index (κ2) is 30.8. The third-order valence-electron chi connectivity index (χ3n) is 28.5. The smallest absolute Gasteiger partial charge is 0.399 e. The lowest BCUT2D eigenvalue weighted by Crippen LogP contribution is -2.41. The SMILES string of the molecule is Brc1nc(-c2ccc(-c3ccccc3)cc2)c2ccccc2n1.CC1(C)OB(c2ccc(-c3nc4ccccc4c4c5c(ccc34)C3(c4ccccc4-c4ccccc43)c3ccccc3-5)cc2)OC1(C)C.c1ccc(-c2ccc(-c3nc(-c4ccc(-c5nc6ccccc6c6c7c(ccc56)C5(c6ccccc6-c6ccccc65)c5ccccc5-7)cc4)nc4ccccc34)cc2)cc1. The average molecular weight is 1750 g/mol. The van der Waals surface area contributed by atoms with Gasteiger partial charge in [0, 0.05) is 70.9 Å². The molecular formula is C122H82BBrN6O2. The number of rotatable bonds is 8. The Kier molecular flexibility index (Phi) is 18.4. The highest BCUT2D eigenvalue weighted by Gasteiger charge is 2.55. The summed E-state index contributed by atoms with van der Waals surface area (Å²) in [7, 11) is -0.404. The molecule has 1 fully saturated rings. The van der Waals surface area contributed by atoms with Crippen molar-refractivity contribution in [3.05, 3.63) is 474 Å². The summed E-state index contributed by atoms with van der Waals surface area (Å²) in [6.07, 6.45) is 0. The summed E-state index contributed by atoms with van der Waals surface area (Å²) in [4.78, 5) is 30.1. The van der Waals surface area contributed by atoms with Crippen molar-refractivity contribution in [2.45, 2.75) is 49.7 Å². The number of halogens is 1. The van der Waals surface area contributed by atoms with Crippen molar-refractivity contribution in [2.24, 2.45) is 0 Å². The molecule has 0 unspecified atom stereocenters. The first-order valence-electron chi connectivity index (χ1n) is 45.2. The third-order valence-corrected chi connectivity index (χ3v) is 28.8. The van der Waals surface area contributed by atoms with E-state index in [9.17, 15) is 0 Å². The molecule has 1 saturated heterocycles. The molecule has 0 radical (unpaired) electrons. The number of nitrogens with zero attached hydrogens (tertiary/aromatic N) is 6. The molecule has 0 N–H and O–H groups in total. The fraction of sp³-hybridized carbons (Fsp3) is 0.0656. The van der Waals surface area contributed by atoms with Crippen molar-refractivity contribution >= 4 is 93.7 Å². The standard InChI is InChI=1S/C58H35N3.C44H34BNO2.C20H13BrN2/c1-2-14-36(15-3-1)37-26-28-38(29-27-37)55-45-20-8-13-25-52(45)60-57(61-55)40-32-30-39(31-33-40)56-46-34-35-50-54(53(46)44-19-7-12-24-51(44)59-56)43-18-6-11-23-49(43)58(50)47-21-9-4-16-41(47)42-17-5-10-22-48(42)58;1-42(2)43(3,4)48-45(47-42)28-23-21-27(22-24-28)41-33-25-26-37-40(39(33)32-16-8-12-20-38(32)46-41)31-15-7-11-19-36(31)44(37)34-17-9-5-13-29(34)30-14-6-10-18-35(30)44;21-20-22-18-9-5-4-8-17(18)19(23-20)16-12-10-15(11-13-16)14-6-2-1-3-7-14/h1-35H;5-26H,1-4H3;1-13H. The van der Waals surface area contributed by atoms with Gasteiger partial charge in [0.05, 0.1) is 66.9 Å². The highest BCUT2D eigenvalue weighted by atomic mass is 79.9. The van der Waals surface area contributed by atoms with Crippen LogP contribution in [-0.2, 0) is 20.1 Å². The summed E-state index contributed by atoms with van der Waals surface area (Å²) >= 11 is 3.41. The molecule has 1 aliphatic heterocycles. The topological polar surface area (TPSA) is 95.8 Å². The monoisotopic (exact) mass is 1750 g/mol. The van der Waals surface area contributed by atoms with Gasteiger partial charge in [0.1, 0.15) is 0 Å². The van der Waals surface area contributed by atoms with Crippen LogP contribution >= 0.6 is 15.9 Å². The van der Waals surface area contributed by atoms with Crippen molar-refractivity contribution < 1.29 is 9.31 Å². The van der Waals surface area contributed by atoms with Gasteiger partial charge in [0.15, 0.2) is 10.6 Å². The van der Waals surface area contributed by atoms with Crippen LogP contribution in [0.25, 0.3) is 188 Å². The van der Waals surface area contributed by atoms with E-state index in [4.69, 9.17) is 29.2 Å². The predicted octanol–water partition coefficient (Wildman–Crippen LogP) is 29.8. The molecule has 5 aliphatic rings. The van der Waals surface area contributed by atoms with Crippen molar-refractivity contribution in [1.82, 2.24) is 29.9 Å². The largest absolute Gasteiger partial charge is 0.494 e. The Morgan fingerprint density at radius 3 is 0.886 bits per heavy atom. The van der Waals surface area contributed by atoms with Gasteiger partial charge in [-0.25, -0.2) is 29.9 Å². The predicted molar refractivity (Wildman–Crippen MR) is 545 cm³/mol. The molecule has 5 heterocycles. The van der Waals surface area contributed by atoms with Crippen LogP contribution < -0.4 is 5.46 Å². The summed E-state index contributed by atoms with van der Waals surface area (Å²) in [6, 6.07) is 152. The lowest BCUT2D eigenvalue weighted by molar-refractivity contribution is 0.00578. The van der Waals surface area contributed by atoms with Gasteiger partial charge in [-0.3, -0.25) is 0 Å². The molecule has 10 heteroatoms. The molecular weight excluding hydrogens is 1670 g/mol. The van der Waals surface area contributed by atoms with Crippen molar-refractivity contribution in [1.29, 1.82) is 0 Å². The van der Waals surface area contributed by atoms with Crippen LogP contribution in [0.4, 0.5) is 0 Å². The van der Waals surface area contributed by atoms with Crippen LogP contribution in [-0.4, -0.2) is 48.2 Å². The number of hydrogen-bond acceptors (Lipinski definition) is 8. The molecule has 132 heavy (non-hydrogen) atoms. The van der Waals surface area contributed by atoms with E-state index in [0.717, 1.165) is 105 Å². The second-order valence-electron chi connectivity index (χ2n) is 36.0. The highest BCUT2D eigenvalue weighted by Crippen LogP contribution is 2.67. The van der Waals surface area contributed by atoms with Gasteiger partial charge >= 0.3 is 7.12 Å². The Hall–Kier alpha value is -15.6. The van der Waals surface area contributed by atoms with Gasteiger partial charge < -0.3 is 9.31 Å². The van der Waals surface area contributed by atoms with Crippen molar-refractivity contribution in [2.75, 3.05) is 0 Å². The molecule has 0 atom stereocenters. The Bertz CT molecular complexity index is 8370. The van der Waals surface area contributed by atoms with E-state index in [2.05, 4.69) is 442 Å². The van der Waals surface area contributed by atoms with Crippen LogP contribution in [0, 0.1) is 0 Å². The molecule has 0 saturated carbocycles. The van der Waals surface area contributed by atoms with Crippen LogP contribution in [0.15, 0.2) is 429 Å². The molecule has 0 amide bonds. The fourth-order valence-corrected chi connectivity index (χ4v) is 22.2. The number of aromatic nitrogens is 6. The quantitative estimate of drug-likeness (QED) is 0.0843. The number of hydrogen-bond donors (Lipinski definition) is 0. The molecule has 27 rings (SSSR count). The van der Waals surface area contributed by atoms with Crippen LogP contribution in [0.5, 0.6) is 0 Å². The van der Waals surface area contributed by atoms with Gasteiger partial charge in [-0.05, 0) is 185 Å². The van der Waals surface area contributed by atoms with E-state index in [1.807, 2.05) is 36.4 Å². The van der Waals surface area contributed by atoms with E-state index >= 15 is 0 Å². The maximum atomic E-state index is 6.37. The normalized spacial score (nSPS) is 14.3. The van der Waals surface area contributed by atoms with E-state index in [0.29, 0.717) is 10.6 Å². The molecule has 2 spiro atoms. The summed E-state index contributed by atoms with van der Waals surface area (Å²) in [5.41, 5.74) is 38.3. The summed E-state index contributed by atoms with van der Waals surface area (Å²) in [5.74, 6) is 0.695. The first kappa shape index (κ1) is 78.7. The van der Waals surface area contributed by atoms with Gasteiger partial charge in [0.2, 0.25) is 0 Å². The minimum absolute atomic E-state index is 0.387. The molecule has 22 aromatic rings. The molecule has 8 nitrogen and oxygen atoms in total. The van der Waals surface area contributed by atoms with Gasteiger partial charge in [-0.1, -0.05) is 400 Å². The molecule has 18 aromatic carbocycles. The zero-order valence-electron chi connectivity index (χ0n) is 72.9.